The summed E-state index contributed by atoms with van der Waals surface area (Å²) in [6.45, 7) is 1.65. The van der Waals surface area contributed by atoms with Gasteiger partial charge in [0.2, 0.25) is 0 Å². The summed E-state index contributed by atoms with van der Waals surface area (Å²) >= 11 is 0. The number of hydrogen-bond donors (Lipinski definition) is 0. The van der Waals surface area contributed by atoms with Crippen molar-refractivity contribution in [3.8, 4) is 6.07 Å². The standard InChI is InChI=1S/C8H12N2O2/c9-6-8(11)7-12-10-4-2-1-3-5-10/h1-5,7H2. The van der Waals surface area contributed by atoms with E-state index in [1.807, 2.05) is 0 Å². The van der Waals surface area contributed by atoms with Gasteiger partial charge in [-0.3, -0.25) is 9.63 Å². The zero-order valence-electron chi connectivity index (χ0n) is 6.95. The molecule has 0 spiro atoms. The van der Waals surface area contributed by atoms with Crippen LogP contribution in [0.5, 0.6) is 0 Å². The molecule has 12 heavy (non-hydrogen) atoms. The first-order valence-corrected chi connectivity index (χ1v) is 4.13. The number of carbonyl (C=O) groups is 1. The predicted molar refractivity (Wildman–Crippen MR) is 42.0 cm³/mol. The fourth-order valence-corrected chi connectivity index (χ4v) is 1.18. The van der Waals surface area contributed by atoms with E-state index in [-0.39, 0.29) is 6.61 Å². The van der Waals surface area contributed by atoms with Gasteiger partial charge >= 0.3 is 0 Å². The fraction of sp³-hybridized carbons (Fsp3) is 0.750. The van der Waals surface area contributed by atoms with E-state index >= 15 is 0 Å². The van der Waals surface area contributed by atoms with Gasteiger partial charge in [0.15, 0.2) is 0 Å². The lowest BCUT2D eigenvalue weighted by Gasteiger charge is -2.24. The summed E-state index contributed by atoms with van der Waals surface area (Å²) < 4.78 is 0. The van der Waals surface area contributed by atoms with Crippen molar-refractivity contribution in [3.63, 3.8) is 0 Å². The Balaban J connectivity index is 2.14. The molecule has 1 fully saturated rings. The number of ketones is 1. The van der Waals surface area contributed by atoms with E-state index in [1.165, 1.54) is 12.5 Å². The van der Waals surface area contributed by atoms with Crippen molar-refractivity contribution in [2.45, 2.75) is 19.3 Å². The average molecular weight is 168 g/mol. The number of nitriles is 1. The second-order valence-electron chi connectivity index (χ2n) is 2.80. The third-order valence-corrected chi connectivity index (χ3v) is 1.82. The van der Waals surface area contributed by atoms with Crippen molar-refractivity contribution in [1.82, 2.24) is 5.06 Å². The molecule has 1 aliphatic heterocycles. The minimum atomic E-state index is -0.513. The Morgan fingerprint density at radius 2 is 2.08 bits per heavy atom. The quantitative estimate of drug-likeness (QED) is 0.576. The summed E-state index contributed by atoms with van der Waals surface area (Å²) in [5, 5.41) is 9.93. The molecule has 4 heteroatoms. The maximum Gasteiger partial charge on any atom is 0.259 e. The lowest BCUT2D eigenvalue weighted by molar-refractivity contribution is -0.172. The molecule has 1 aliphatic rings. The molecule has 1 rings (SSSR count). The second kappa shape index (κ2) is 4.86. The molecular formula is C8H12N2O2. The molecule has 0 aromatic carbocycles. The highest BCUT2D eigenvalue weighted by atomic mass is 16.7. The third kappa shape index (κ3) is 2.99. The van der Waals surface area contributed by atoms with Crippen LogP contribution in [0.3, 0.4) is 0 Å². The average Bonchev–Trinajstić information content (AvgIpc) is 2.16. The van der Waals surface area contributed by atoms with Gasteiger partial charge in [0, 0.05) is 13.1 Å². The van der Waals surface area contributed by atoms with Crippen molar-refractivity contribution in [2.75, 3.05) is 19.7 Å². The van der Waals surface area contributed by atoms with Gasteiger partial charge in [0.25, 0.3) is 5.78 Å². The molecule has 0 amide bonds. The first-order chi connectivity index (χ1) is 5.83. The molecule has 0 unspecified atom stereocenters. The minimum Gasteiger partial charge on any atom is -0.290 e. The normalized spacial score (nSPS) is 18.6. The summed E-state index contributed by atoms with van der Waals surface area (Å²) in [7, 11) is 0. The van der Waals surface area contributed by atoms with Crippen molar-refractivity contribution in [2.24, 2.45) is 0 Å². The van der Waals surface area contributed by atoms with Crippen LogP contribution in [0.4, 0.5) is 0 Å². The molecule has 0 bridgehead atoms. The van der Waals surface area contributed by atoms with Crippen molar-refractivity contribution in [1.29, 1.82) is 5.26 Å². The molecule has 0 radical (unpaired) electrons. The highest BCUT2D eigenvalue weighted by molar-refractivity contribution is 5.94. The molecule has 4 nitrogen and oxygen atoms in total. The van der Waals surface area contributed by atoms with E-state index in [9.17, 15) is 4.79 Å². The van der Waals surface area contributed by atoms with Gasteiger partial charge in [-0.1, -0.05) is 6.42 Å². The summed E-state index contributed by atoms with van der Waals surface area (Å²) in [4.78, 5) is 15.6. The van der Waals surface area contributed by atoms with E-state index in [2.05, 4.69) is 0 Å². The molecule has 0 aromatic heterocycles. The first kappa shape index (κ1) is 9.17. The maximum atomic E-state index is 10.5. The molecule has 0 atom stereocenters. The number of nitrogens with zero attached hydrogens (tertiary/aromatic N) is 2. The Hall–Kier alpha value is -0.920. The van der Waals surface area contributed by atoms with Crippen molar-refractivity contribution < 1.29 is 9.63 Å². The molecule has 0 aliphatic carbocycles. The van der Waals surface area contributed by atoms with Gasteiger partial charge in [-0.05, 0) is 12.8 Å². The van der Waals surface area contributed by atoms with Gasteiger partial charge in [-0.2, -0.15) is 10.3 Å². The Bertz CT molecular complexity index is 192. The van der Waals surface area contributed by atoms with Crippen LogP contribution in [0.15, 0.2) is 0 Å². The van der Waals surface area contributed by atoms with Crippen LogP contribution in [0.2, 0.25) is 0 Å². The second-order valence-corrected chi connectivity index (χ2v) is 2.80. The Kier molecular flexibility index (Phi) is 3.71. The highest BCUT2D eigenvalue weighted by Gasteiger charge is 2.11. The molecule has 1 heterocycles. The van der Waals surface area contributed by atoms with Crippen LogP contribution in [0.25, 0.3) is 0 Å². The van der Waals surface area contributed by atoms with E-state index in [4.69, 9.17) is 10.1 Å². The number of piperidine rings is 1. The van der Waals surface area contributed by atoms with Crippen LogP contribution in [0.1, 0.15) is 19.3 Å². The zero-order chi connectivity index (χ0) is 8.81. The SMILES string of the molecule is N#CC(=O)CON1CCCCC1. The molecular weight excluding hydrogens is 156 g/mol. The van der Waals surface area contributed by atoms with Gasteiger partial charge < -0.3 is 0 Å². The molecule has 0 aromatic rings. The minimum absolute atomic E-state index is 0.101. The van der Waals surface area contributed by atoms with Crippen LogP contribution in [0, 0.1) is 11.3 Å². The molecule has 0 saturated carbocycles. The Morgan fingerprint density at radius 3 is 2.67 bits per heavy atom. The van der Waals surface area contributed by atoms with E-state index in [0.717, 1.165) is 25.9 Å². The third-order valence-electron chi connectivity index (χ3n) is 1.82. The summed E-state index contributed by atoms with van der Waals surface area (Å²) in [5.74, 6) is -0.513. The topological polar surface area (TPSA) is 53.3 Å². The molecule has 0 N–H and O–H groups in total. The molecule has 66 valence electrons. The summed E-state index contributed by atoms with van der Waals surface area (Å²) in [6, 6.07) is 1.51. The summed E-state index contributed by atoms with van der Waals surface area (Å²) in [5.41, 5.74) is 0. The first-order valence-electron chi connectivity index (χ1n) is 4.13. The Labute approximate surface area is 71.7 Å². The smallest absolute Gasteiger partial charge is 0.259 e. The Morgan fingerprint density at radius 1 is 1.42 bits per heavy atom. The van der Waals surface area contributed by atoms with Crippen molar-refractivity contribution >= 4 is 5.78 Å². The number of hydrogen-bond acceptors (Lipinski definition) is 4. The van der Waals surface area contributed by atoms with Gasteiger partial charge in [-0.25, -0.2) is 0 Å². The van der Waals surface area contributed by atoms with Gasteiger partial charge in [-0.15, -0.1) is 0 Å². The lowest BCUT2D eigenvalue weighted by Crippen LogP contribution is -2.31. The zero-order valence-corrected chi connectivity index (χ0v) is 6.95. The van der Waals surface area contributed by atoms with E-state index in [0.29, 0.717) is 0 Å². The monoisotopic (exact) mass is 168 g/mol. The number of Topliss-reactive ketones (excluding diaryl/α,β-unsaturated/α-hetero) is 1. The number of hydroxylamine groups is 2. The number of carbonyl (C=O) groups excluding carboxylic acids is 1. The predicted octanol–water partition coefficient (Wildman–Crippen LogP) is 0.497. The van der Waals surface area contributed by atoms with Crippen LogP contribution < -0.4 is 0 Å². The largest absolute Gasteiger partial charge is 0.290 e. The molecule has 1 saturated heterocycles. The van der Waals surface area contributed by atoms with Crippen LogP contribution in [-0.4, -0.2) is 30.5 Å². The summed E-state index contributed by atoms with van der Waals surface area (Å²) in [6.07, 6.45) is 3.45. The van der Waals surface area contributed by atoms with Gasteiger partial charge in [0.1, 0.15) is 12.7 Å². The number of rotatable bonds is 3. The fourth-order valence-electron chi connectivity index (χ4n) is 1.18. The van der Waals surface area contributed by atoms with Gasteiger partial charge in [0.05, 0.1) is 0 Å². The highest BCUT2D eigenvalue weighted by Crippen LogP contribution is 2.08. The maximum absolute atomic E-state index is 10.5. The van der Waals surface area contributed by atoms with E-state index in [1.54, 1.807) is 5.06 Å². The lowest BCUT2D eigenvalue weighted by atomic mass is 10.2. The van der Waals surface area contributed by atoms with Crippen LogP contribution >= 0.6 is 0 Å². The van der Waals surface area contributed by atoms with Crippen molar-refractivity contribution in [3.05, 3.63) is 0 Å². The van der Waals surface area contributed by atoms with E-state index < -0.39 is 5.78 Å². The van der Waals surface area contributed by atoms with Crippen LogP contribution in [-0.2, 0) is 9.63 Å².